The van der Waals surface area contributed by atoms with Gasteiger partial charge < -0.3 is 5.11 Å². The van der Waals surface area contributed by atoms with Crippen LogP contribution in [0.3, 0.4) is 0 Å². The van der Waals surface area contributed by atoms with Crippen molar-refractivity contribution in [2.24, 2.45) is 5.41 Å². The third-order valence-corrected chi connectivity index (χ3v) is 3.22. The van der Waals surface area contributed by atoms with E-state index in [1.54, 1.807) is 0 Å². The molecule has 0 aromatic carbocycles. The second-order valence-corrected chi connectivity index (χ2v) is 4.29. The van der Waals surface area contributed by atoms with Gasteiger partial charge >= 0.3 is 5.97 Å². The van der Waals surface area contributed by atoms with E-state index in [1.807, 2.05) is 0 Å². The number of carboxylic acids is 1. The van der Waals surface area contributed by atoms with Crippen molar-refractivity contribution >= 4 is 5.97 Å². The lowest BCUT2D eigenvalue weighted by atomic mass is 9.86. The van der Waals surface area contributed by atoms with Crippen LogP contribution in [-0.2, 0) is 11.3 Å². The molecule has 0 bridgehead atoms. The van der Waals surface area contributed by atoms with Gasteiger partial charge in [-0.1, -0.05) is 12.8 Å². The molecule has 0 spiro atoms. The molecule has 0 saturated heterocycles. The summed E-state index contributed by atoms with van der Waals surface area (Å²) < 4.78 is 26.0. The smallest absolute Gasteiger partial charge is 0.311 e. The van der Waals surface area contributed by atoms with Crippen LogP contribution in [0.25, 0.3) is 0 Å². The van der Waals surface area contributed by atoms with Crippen LogP contribution < -0.4 is 0 Å². The Kier molecular flexibility index (Phi) is 3.03. The quantitative estimate of drug-likeness (QED) is 0.864. The highest BCUT2D eigenvalue weighted by atomic mass is 19.3. The van der Waals surface area contributed by atoms with Gasteiger partial charge in [0.2, 0.25) is 5.82 Å². The number of hydrogen-bond acceptors (Lipinski definition) is 4. The zero-order valence-corrected chi connectivity index (χ0v) is 9.01. The summed E-state index contributed by atoms with van der Waals surface area (Å²) in [6.45, 7) is -0.0883. The molecule has 1 heterocycles. The molecule has 0 aliphatic heterocycles. The van der Waals surface area contributed by atoms with Crippen molar-refractivity contribution in [1.82, 2.24) is 20.2 Å². The van der Waals surface area contributed by atoms with Crippen molar-refractivity contribution in [3.8, 4) is 0 Å². The lowest BCUT2D eigenvalue weighted by Crippen LogP contribution is -2.33. The monoisotopic (exact) mass is 246 g/mol. The van der Waals surface area contributed by atoms with E-state index in [2.05, 4.69) is 15.5 Å². The fourth-order valence-corrected chi connectivity index (χ4v) is 2.26. The van der Waals surface area contributed by atoms with Gasteiger partial charge in [-0.05, 0) is 23.3 Å². The second kappa shape index (κ2) is 4.34. The summed E-state index contributed by atoms with van der Waals surface area (Å²) in [5.41, 5.74) is -1.00. The first-order chi connectivity index (χ1) is 8.05. The molecule has 1 aliphatic rings. The van der Waals surface area contributed by atoms with E-state index in [1.165, 1.54) is 0 Å². The van der Waals surface area contributed by atoms with Crippen molar-refractivity contribution in [3.05, 3.63) is 5.82 Å². The van der Waals surface area contributed by atoms with Crippen LogP contribution in [0, 0.1) is 5.41 Å². The standard InChI is InChI=1S/C9H12F2N4O2/c10-6(11)7-12-13-14-15(7)5-9(8(16)17)3-1-2-4-9/h6H,1-5H2,(H,16,17). The molecule has 8 heteroatoms. The lowest BCUT2D eigenvalue weighted by molar-refractivity contribution is -0.149. The lowest BCUT2D eigenvalue weighted by Gasteiger charge is -2.23. The van der Waals surface area contributed by atoms with E-state index in [0.717, 1.165) is 17.5 Å². The minimum Gasteiger partial charge on any atom is -0.481 e. The first-order valence-corrected chi connectivity index (χ1v) is 5.33. The highest BCUT2D eigenvalue weighted by Crippen LogP contribution is 2.40. The summed E-state index contributed by atoms with van der Waals surface area (Å²) in [5, 5.41) is 19.0. The molecule has 0 atom stereocenters. The number of carbonyl (C=O) groups is 1. The summed E-state index contributed by atoms with van der Waals surface area (Å²) in [4.78, 5) is 11.3. The first-order valence-electron chi connectivity index (χ1n) is 5.33. The fourth-order valence-electron chi connectivity index (χ4n) is 2.26. The SMILES string of the molecule is O=C(O)C1(Cn2nnnc2C(F)F)CCCC1. The number of carboxylic acid groups (broad SMARTS) is 1. The van der Waals surface area contributed by atoms with Crippen LogP contribution >= 0.6 is 0 Å². The molecule has 2 rings (SSSR count). The number of halogens is 2. The molecule has 0 unspecified atom stereocenters. The van der Waals surface area contributed by atoms with E-state index >= 15 is 0 Å². The molecule has 0 radical (unpaired) electrons. The minimum atomic E-state index is -2.79. The Morgan fingerprint density at radius 3 is 2.65 bits per heavy atom. The predicted molar refractivity (Wildman–Crippen MR) is 51.3 cm³/mol. The average molecular weight is 246 g/mol. The maximum Gasteiger partial charge on any atom is 0.311 e. The number of nitrogens with zero attached hydrogens (tertiary/aromatic N) is 4. The molecule has 94 valence electrons. The van der Waals surface area contributed by atoms with Gasteiger partial charge in [-0.15, -0.1) is 5.10 Å². The highest BCUT2D eigenvalue weighted by Gasteiger charge is 2.42. The van der Waals surface area contributed by atoms with Crippen molar-refractivity contribution in [3.63, 3.8) is 0 Å². The Balaban J connectivity index is 2.24. The van der Waals surface area contributed by atoms with Crippen LogP contribution in [0.5, 0.6) is 0 Å². The van der Waals surface area contributed by atoms with E-state index < -0.39 is 23.6 Å². The molecule has 1 fully saturated rings. The van der Waals surface area contributed by atoms with Crippen LogP contribution in [0.15, 0.2) is 0 Å². The molecule has 17 heavy (non-hydrogen) atoms. The molecule has 1 aliphatic carbocycles. The number of tetrazole rings is 1. The van der Waals surface area contributed by atoms with Gasteiger partial charge in [0.15, 0.2) is 0 Å². The molecule has 1 saturated carbocycles. The normalized spacial score (nSPS) is 18.8. The van der Waals surface area contributed by atoms with E-state index in [4.69, 9.17) is 0 Å². The van der Waals surface area contributed by atoms with E-state index in [0.29, 0.717) is 12.8 Å². The third-order valence-electron chi connectivity index (χ3n) is 3.22. The molecule has 1 N–H and O–H groups in total. The number of alkyl halides is 2. The highest BCUT2D eigenvalue weighted by molar-refractivity contribution is 5.74. The van der Waals surface area contributed by atoms with Crippen molar-refractivity contribution in [1.29, 1.82) is 0 Å². The average Bonchev–Trinajstić information content (AvgIpc) is 2.87. The molecule has 1 aromatic heterocycles. The molecule has 1 aromatic rings. The van der Waals surface area contributed by atoms with Crippen molar-refractivity contribution < 1.29 is 18.7 Å². The van der Waals surface area contributed by atoms with Gasteiger partial charge in [0, 0.05) is 0 Å². The third kappa shape index (κ3) is 2.11. The Morgan fingerprint density at radius 1 is 1.47 bits per heavy atom. The Labute approximate surface area is 95.6 Å². The minimum absolute atomic E-state index is 0.0883. The first kappa shape index (κ1) is 11.9. The summed E-state index contributed by atoms with van der Waals surface area (Å²) in [6, 6.07) is 0. The molecular weight excluding hydrogens is 234 g/mol. The van der Waals surface area contributed by atoms with E-state index in [-0.39, 0.29) is 6.54 Å². The van der Waals surface area contributed by atoms with Crippen LogP contribution in [0.4, 0.5) is 8.78 Å². The number of hydrogen-bond donors (Lipinski definition) is 1. The maximum atomic E-state index is 12.5. The summed E-state index contributed by atoms with van der Waals surface area (Å²) in [7, 11) is 0. The van der Waals surface area contributed by atoms with Crippen LogP contribution in [0.2, 0.25) is 0 Å². The number of aliphatic carboxylic acids is 1. The topological polar surface area (TPSA) is 80.9 Å². The summed E-state index contributed by atoms with van der Waals surface area (Å²) >= 11 is 0. The summed E-state index contributed by atoms with van der Waals surface area (Å²) in [5.74, 6) is -1.54. The van der Waals surface area contributed by atoms with Gasteiger partial charge in [0.05, 0.1) is 12.0 Å². The van der Waals surface area contributed by atoms with Crippen LogP contribution in [0.1, 0.15) is 37.9 Å². The largest absolute Gasteiger partial charge is 0.481 e. The van der Waals surface area contributed by atoms with Gasteiger partial charge in [0.1, 0.15) is 0 Å². The Hall–Kier alpha value is -1.60. The van der Waals surface area contributed by atoms with Gasteiger partial charge in [-0.25, -0.2) is 13.5 Å². The van der Waals surface area contributed by atoms with Gasteiger partial charge in [-0.3, -0.25) is 4.79 Å². The van der Waals surface area contributed by atoms with Crippen molar-refractivity contribution in [2.75, 3.05) is 0 Å². The molecule has 0 amide bonds. The van der Waals surface area contributed by atoms with Crippen molar-refractivity contribution in [2.45, 2.75) is 38.7 Å². The fraction of sp³-hybridized carbons (Fsp3) is 0.778. The van der Waals surface area contributed by atoms with Crippen LogP contribution in [-0.4, -0.2) is 31.3 Å². The van der Waals surface area contributed by atoms with E-state index in [9.17, 15) is 18.7 Å². The van der Waals surface area contributed by atoms with Gasteiger partial charge in [-0.2, -0.15) is 0 Å². The zero-order chi connectivity index (χ0) is 12.5. The predicted octanol–water partition coefficient (Wildman–Crippen LogP) is 1.26. The Bertz CT molecular complexity index is 415. The number of aromatic nitrogens is 4. The van der Waals surface area contributed by atoms with Gasteiger partial charge in [0.25, 0.3) is 6.43 Å². The molecule has 6 nitrogen and oxygen atoms in total. The maximum absolute atomic E-state index is 12.5. The Morgan fingerprint density at radius 2 is 2.12 bits per heavy atom. The zero-order valence-electron chi connectivity index (χ0n) is 9.01. The second-order valence-electron chi connectivity index (χ2n) is 4.29. The number of rotatable bonds is 4. The molecular formula is C9H12F2N4O2. The summed E-state index contributed by atoms with van der Waals surface area (Å²) in [6.07, 6.45) is -0.260.